The summed E-state index contributed by atoms with van der Waals surface area (Å²) in [4.78, 5) is 42.7. The maximum absolute atomic E-state index is 14.6. The molecular formula is C62H68O14Si. The molecule has 0 spiro atoms. The molecule has 14 nitrogen and oxygen atoms in total. The van der Waals surface area contributed by atoms with E-state index in [1.807, 2.05) is 91.0 Å². The number of carbonyl (C=O) groups excluding carboxylic acids is 3. The SMILES string of the molecule is C=CCO[C@H]1[C@@H](OCc2ccccc2)[C@@H](COCc2ccccc2)O[C@@H](O[C@@H]2[C@H](OC(=O)c3ccccc3)[C@@H](OC(=O)c3ccccc3)[C@@H](OCC[Si](C)(C)C)O[C@@H]2COC(=O)c2ccccc2)[C@@H]1OCc1ccccc1. The molecule has 6 aromatic carbocycles. The van der Waals surface area contributed by atoms with E-state index in [-0.39, 0.29) is 56.3 Å². The third-order valence-corrected chi connectivity index (χ3v) is 14.6. The van der Waals surface area contributed by atoms with Crippen LogP contribution in [0.1, 0.15) is 47.8 Å². The van der Waals surface area contributed by atoms with Gasteiger partial charge in [0.1, 0.15) is 43.2 Å². The van der Waals surface area contributed by atoms with Crippen molar-refractivity contribution < 1.29 is 66.5 Å². The molecule has 0 bridgehead atoms. The molecule has 2 saturated heterocycles. The van der Waals surface area contributed by atoms with E-state index in [1.54, 1.807) is 97.1 Å². The number of hydrogen-bond acceptors (Lipinski definition) is 14. The van der Waals surface area contributed by atoms with Gasteiger partial charge in [-0.15, -0.1) is 6.58 Å². The van der Waals surface area contributed by atoms with Crippen molar-refractivity contribution in [3.8, 4) is 0 Å². The van der Waals surface area contributed by atoms with E-state index in [2.05, 4.69) is 26.2 Å². The molecule has 8 rings (SSSR count). The average Bonchev–Trinajstić information content (AvgIpc) is 3.45. The van der Waals surface area contributed by atoms with Crippen molar-refractivity contribution in [2.24, 2.45) is 0 Å². The van der Waals surface area contributed by atoms with E-state index in [1.165, 1.54) is 0 Å². The summed E-state index contributed by atoms with van der Waals surface area (Å²) in [5.41, 5.74) is 3.42. The van der Waals surface area contributed by atoms with Gasteiger partial charge in [-0.2, -0.15) is 0 Å². The third-order valence-electron chi connectivity index (χ3n) is 12.9. The van der Waals surface area contributed by atoms with Gasteiger partial charge < -0.3 is 52.1 Å². The molecule has 0 unspecified atom stereocenters. The summed E-state index contributed by atoms with van der Waals surface area (Å²) >= 11 is 0. The Morgan fingerprint density at radius 3 is 1.42 bits per heavy atom. The Bertz CT molecular complexity index is 2710. The Morgan fingerprint density at radius 1 is 0.468 bits per heavy atom. The second-order valence-corrected chi connectivity index (χ2v) is 25.5. The molecule has 0 aliphatic carbocycles. The zero-order chi connectivity index (χ0) is 53.8. The summed E-state index contributed by atoms with van der Waals surface area (Å²) in [5.74, 6) is -2.15. The molecule has 404 valence electrons. The molecule has 2 aliphatic heterocycles. The minimum atomic E-state index is -1.72. The zero-order valence-corrected chi connectivity index (χ0v) is 44.8. The maximum atomic E-state index is 14.6. The van der Waals surface area contributed by atoms with E-state index in [0.29, 0.717) is 6.04 Å². The van der Waals surface area contributed by atoms with Gasteiger partial charge in [0.05, 0.1) is 49.7 Å². The third kappa shape index (κ3) is 16.7. The van der Waals surface area contributed by atoms with Gasteiger partial charge in [0.25, 0.3) is 0 Å². The van der Waals surface area contributed by atoms with Crippen LogP contribution in [0.4, 0.5) is 0 Å². The Hall–Kier alpha value is -6.63. The van der Waals surface area contributed by atoms with E-state index < -0.39 is 94.0 Å². The molecule has 2 fully saturated rings. The van der Waals surface area contributed by atoms with Crippen LogP contribution in [-0.4, -0.2) is 114 Å². The first-order valence-electron chi connectivity index (χ1n) is 26.0. The molecule has 2 heterocycles. The molecule has 0 radical (unpaired) electrons. The smallest absolute Gasteiger partial charge is 0.338 e. The molecule has 10 atom stereocenters. The maximum Gasteiger partial charge on any atom is 0.338 e. The first-order valence-corrected chi connectivity index (χ1v) is 29.7. The summed E-state index contributed by atoms with van der Waals surface area (Å²) in [6.45, 7) is 11.0. The molecule has 0 saturated carbocycles. The number of esters is 3. The molecule has 6 aromatic rings. The van der Waals surface area contributed by atoms with Crippen molar-refractivity contribution in [2.45, 2.75) is 107 Å². The van der Waals surface area contributed by atoms with Crippen LogP contribution in [0.3, 0.4) is 0 Å². The fourth-order valence-corrected chi connectivity index (χ4v) is 9.55. The fourth-order valence-electron chi connectivity index (χ4n) is 8.82. The Morgan fingerprint density at radius 2 is 0.909 bits per heavy atom. The standard InChI is InChI=1S/C62H68O14Si/c1-5-36-67-54-52(69-40-45-26-14-7-15-27-45)50(42-66-39-44-24-12-6-13-25-44)73-62(56(54)70-41-46-28-16-8-17-29-46)76-53-51(43-71-58(63)47-30-18-9-19-31-47)72-61(68-37-38-77(2,3)4)57(75-60(65)49-34-22-11-23-35-49)55(53)74-59(64)48-32-20-10-21-33-48/h5-35,50-57,61-62H,1,36-43H2,2-4H3/t50-,51-,52+,53+,54+,55+,56-,57-,61+,62+/m1/s1. The van der Waals surface area contributed by atoms with Crippen LogP contribution >= 0.6 is 0 Å². The summed E-state index contributed by atoms with van der Waals surface area (Å²) < 4.78 is 73.6. The van der Waals surface area contributed by atoms with E-state index in [0.717, 1.165) is 16.7 Å². The van der Waals surface area contributed by atoms with Crippen LogP contribution in [0.25, 0.3) is 0 Å². The molecule has 0 amide bonds. The predicted molar refractivity (Wildman–Crippen MR) is 290 cm³/mol. The lowest BCUT2D eigenvalue weighted by atomic mass is 9.95. The van der Waals surface area contributed by atoms with Crippen LogP contribution in [0.5, 0.6) is 0 Å². The summed E-state index contributed by atoms with van der Waals surface area (Å²) in [5, 5.41) is 0. The second-order valence-electron chi connectivity index (χ2n) is 19.9. The topological polar surface area (TPSA) is 153 Å². The number of hydrogen-bond donors (Lipinski definition) is 0. The lowest BCUT2D eigenvalue weighted by Crippen LogP contribution is -2.67. The van der Waals surface area contributed by atoms with Gasteiger partial charge >= 0.3 is 17.9 Å². The number of ether oxygens (including phenoxy) is 11. The highest BCUT2D eigenvalue weighted by Gasteiger charge is 2.56. The van der Waals surface area contributed by atoms with Crippen LogP contribution in [-0.2, 0) is 71.9 Å². The number of benzene rings is 6. The van der Waals surface area contributed by atoms with Crippen LogP contribution in [0.2, 0.25) is 25.7 Å². The fraction of sp³-hybridized carbons (Fsp3) is 0.339. The minimum absolute atomic E-state index is 0.00356. The van der Waals surface area contributed by atoms with Gasteiger partial charge in [-0.3, -0.25) is 0 Å². The zero-order valence-electron chi connectivity index (χ0n) is 43.8. The highest BCUT2D eigenvalue weighted by molar-refractivity contribution is 6.76. The lowest BCUT2D eigenvalue weighted by Gasteiger charge is -2.49. The van der Waals surface area contributed by atoms with Crippen molar-refractivity contribution in [3.63, 3.8) is 0 Å². The molecule has 15 heteroatoms. The molecule has 0 N–H and O–H groups in total. The Kier molecular flexibility index (Phi) is 21.1. The van der Waals surface area contributed by atoms with Crippen molar-refractivity contribution in [1.29, 1.82) is 0 Å². The van der Waals surface area contributed by atoms with Crippen LogP contribution in [0, 0.1) is 0 Å². The molecule has 2 aliphatic rings. The van der Waals surface area contributed by atoms with Gasteiger partial charge in [-0.25, -0.2) is 14.4 Å². The van der Waals surface area contributed by atoms with Crippen molar-refractivity contribution in [2.75, 3.05) is 26.4 Å². The first kappa shape index (κ1) is 56.6. The molecular weight excluding hydrogens is 997 g/mol. The Balaban J connectivity index is 1.24. The van der Waals surface area contributed by atoms with Gasteiger partial charge in [0.15, 0.2) is 24.8 Å². The monoisotopic (exact) mass is 1060 g/mol. The quantitative estimate of drug-likeness (QED) is 0.0219. The highest BCUT2D eigenvalue weighted by Crippen LogP contribution is 2.37. The van der Waals surface area contributed by atoms with Gasteiger partial charge in [-0.05, 0) is 59.1 Å². The van der Waals surface area contributed by atoms with Crippen LogP contribution in [0.15, 0.2) is 195 Å². The largest absolute Gasteiger partial charge is 0.459 e. The molecule has 0 aromatic heterocycles. The minimum Gasteiger partial charge on any atom is -0.459 e. The summed E-state index contributed by atoms with van der Waals surface area (Å²) in [6.07, 6.45) is -10.5. The Labute approximate surface area is 452 Å². The predicted octanol–water partition coefficient (Wildman–Crippen LogP) is 10.4. The van der Waals surface area contributed by atoms with E-state index >= 15 is 0 Å². The van der Waals surface area contributed by atoms with Crippen LogP contribution < -0.4 is 0 Å². The number of carbonyl (C=O) groups is 3. The normalized spacial score (nSPS) is 23.3. The second kappa shape index (κ2) is 28.7. The summed E-state index contributed by atoms with van der Waals surface area (Å²) in [6, 6.07) is 55.1. The van der Waals surface area contributed by atoms with Gasteiger partial charge in [-0.1, -0.05) is 171 Å². The highest BCUT2D eigenvalue weighted by atomic mass is 28.3. The molecule has 77 heavy (non-hydrogen) atoms. The van der Waals surface area contributed by atoms with E-state index in [4.69, 9.17) is 52.1 Å². The first-order chi connectivity index (χ1) is 37.5. The lowest BCUT2D eigenvalue weighted by molar-refractivity contribution is -0.368. The van der Waals surface area contributed by atoms with Crippen molar-refractivity contribution >= 4 is 26.0 Å². The van der Waals surface area contributed by atoms with Gasteiger partial charge in [0.2, 0.25) is 0 Å². The average molecular weight is 1070 g/mol. The number of rotatable bonds is 26. The summed E-state index contributed by atoms with van der Waals surface area (Å²) in [7, 11) is -1.72. The van der Waals surface area contributed by atoms with Crippen molar-refractivity contribution in [1.82, 2.24) is 0 Å². The van der Waals surface area contributed by atoms with Crippen molar-refractivity contribution in [3.05, 3.63) is 228 Å². The van der Waals surface area contributed by atoms with E-state index in [9.17, 15) is 14.4 Å². The van der Waals surface area contributed by atoms with Gasteiger partial charge in [0, 0.05) is 14.7 Å².